The van der Waals surface area contributed by atoms with Gasteiger partial charge in [0, 0.05) is 3.57 Å². The van der Waals surface area contributed by atoms with Crippen LogP contribution in [0.1, 0.15) is 15.9 Å². The molecule has 5 heteroatoms. The lowest BCUT2D eigenvalue weighted by atomic mass is 10.1. The Balaban J connectivity index is 2.34. The largest absolute Gasteiger partial charge is 0.318 e. The van der Waals surface area contributed by atoms with E-state index in [1.165, 1.54) is 18.2 Å². The first-order valence-electron chi connectivity index (χ1n) is 5.51. The second-order valence-corrected chi connectivity index (χ2v) is 5.47. The van der Waals surface area contributed by atoms with Crippen molar-refractivity contribution in [3.8, 4) is 0 Å². The van der Waals surface area contributed by atoms with Gasteiger partial charge in [-0.1, -0.05) is 29.8 Å². The van der Waals surface area contributed by atoms with E-state index in [0.29, 0.717) is 5.56 Å². The van der Waals surface area contributed by atoms with Crippen LogP contribution in [0.2, 0.25) is 5.02 Å². The first-order valence-corrected chi connectivity index (χ1v) is 6.97. The number of nitrogens with one attached hydrogen (secondary N) is 1. The van der Waals surface area contributed by atoms with E-state index in [4.69, 9.17) is 11.6 Å². The number of rotatable bonds is 2. The van der Waals surface area contributed by atoms with Crippen LogP contribution < -0.4 is 5.32 Å². The second kappa shape index (κ2) is 5.88. The molecule has 98 valence electrons. The molecule has 0 aromatic heterocycles. The van der Waals surface area contributed by atoms with E-state index in [0.717, 1.165) is 9.13 Å². The van der Waals surface area contributed by atoms with Crippen LogP contribution in [0.25, 0.3) is 0 Å². The van der Waals surface area contributed by atoms with Gasteiger partial charge in [-0.05, 0) is 53.3 Å². The van der Waals surface area contributed by atoms with Crippen molar-refractivity contribution in [2.24, 2.45) is 0 Å². The number of aryl methyl sites for hydroxylation is 1. The Morgan fingerprint density at radius 2 is 1.95 bits per heavy atom. The number of benzene rings is 2. The SMILES string of the molecule is Cc1cccc(C(=O)Nc2c(F)cccc2Cl)c1I. The second-order valence-electron chi connectivity index (χ2n) is 3.99. The molecular formula is C14H10ClFINO. The van der Waals surface area contributed by atoms with Gasteiger partial charge in [-0.3, -0.25) is 4.79 Å². The van der Waals surface area contributed by atoms with Crippen LogP contribution in [0.4, 0.5) is 10.1 Å². The maximum atomic E-state index is 13.6. The average Bonchev–Trinajstić information content (AvgIpc) is 2.37. The lowest BCUT2D eigenvalue weighted by Crippen LogP contribution is -2.15. The van der Waals surface area contributed by atoms with Gasteiger partial charge < -0.3 is 5.32 Å². The Kier molecular flexibility index (Phi) is 4.42. The van der Waals surface area contributed by atoms with Crippen molar-refractivity contribution in [1.82, 2.24) is 0 Å². The molecule has 0 atom stereocenters. The zero-order valence-corrected chi connectivity index (χ0v) is 12.9. The standard InChI is InChI=1S/C14H10ClFINO/c1-8-4-2-5-9(12(8)17)14(19)18-13-10(15)6-3-7-11(13)16/h2-7H,1H3,(H,18,19). The van der Waals surface area contributed by atoms with E-state index in [1.807, 2.05) is 13.0 Å². The maximum Gasteiger partial charge on any atom is 0.256 e. The molecule has 1 N–H and O–H groups in total. The van der Waals surface area contributed by atoms with E-state index in [1.54, 1.807) is 12.1 Å². The summed E-state index contributed by atoms with van der Waals surface area (Å²) < 4.78 is 14.4. The zero-order chi connectivity index (χ0) is 14.0. The zero-order valence-electron chi connectivity index (χ0n) is 10.0. The van der Waals surface area contributed by atoms with E-state index in [9.17, 15) is 9.18 Å². The van der Waals surface area contributed by atoms with Gasteiger partial charge in [0.25, 0.3) is 5.91 Å². The molecule has 0 aliphatic heterocycles. The fourth-order valence-corrected chi connectivity index (χ4v) is 2.44. The molecule has 0 saturated carbocycles. The number of amides is 1. The van der Waals surface area contributed by atoms with E-state index >= 15 is 0 Å². The predicted octanol–water partition coefficient (Wildman–Crippen LogP) is 4.64. The number of hydrogen-bond acceptors (Lipinski definition) is 1. The molecule has 19 heavy (non-hydrogen) atoms. The summed E-state index contributed by atoms with van der Waals surface area (Å²) in [6, 6.07) is 9.66. The van der Waals surface area contributed by atoms with Gasteiger partial charge in [-0.15, -0.1) is 0 Å². The van der Waals surface area contributed by atoms with Crippen molar-refractivity contribution in [2.75, 3.05) is 5.32 Å². The lowest BCUT2D eigenvalue weighted by Gasteiger charge is -2.10. The van der Waals surface area contributed by atoms with Crippen LogP contribution >= 0.6 is 34.2 Å². The topological polar surface area (TPSA) is 29.1 Å². The normalized spacial score (nSPS) is 10.3. The molecule has 0 saturated heterocycles. The molecule has 0 spiro atoms. The highest BCUT2D eigenvalue weighted by Gasteiger charge is 2.15. The molecule has 2 nitrogen and oxygen atoms in total. The highest BCUT2D eigenvalue weighted by Crippen LogP contribution is 2.26. The Morgan fingerprint density at radius 1 is 1.26 bits per heavy atom. The van der Waals surface area contributed by atoms with Gasteiger partial charge in [0.1, 0.15) is 5.82 Å². The minimum absolute atomic E-state index is 0.00599. The Morgan fingerprint density at radius 3 is 2.63 bits per heavy atom. The van der Waals surface area contributed by atoms with Gasteiger partial charge in [0.05, 0.1) is 16.3 Å². The van der Waals surface area contributed by atoms with Crippen molar-refractivity contribution >= 4 is 45.8 Å². The van der Waals surface area contributed by atoms with E-state index in [-0.39, 0.29) is 16.6 Å². The smallest absolute Gasteiger partial charge is 0.256 e. The maximum absolute atomic E-state index is 13.6. The van der Waals surface area contributed by atoms with Crippen molar-refractivity contribution in [2.45, 2.75) is 6.92 Å². The first kappa shape index (κ1) is 14.3. The predicted molar refractivity (Wildman–Crippen MR) is 83.3 cm³/mol. The molecule has 1 amide bonds. The van der Waals surface area contributed by atoms with Gasteiger partial charge >= 0.3 is 0 Å². The van der Waals surface area contributed by atoms with Crippen molar-refractivity contribution in [1.29, 1.82) is 0 Å². The third-order valence-electron chi connectivity index (χ3n) is 2.64. The summed E-state index contributed by atoms with van der Waals surface area (Å²) in [5, 5.41) is 2.69. The minimum atomic E-state index is -0.552. The highest BCUT2D eigenvalue weighted by atomic mass is 127. The highest BCUT2D eigenvalue weighted by molar-refractivity contribution is 14.1. The molecule has 0 unspecified atom stereocenters. The molecule has 2 rings (SSSR count). The van der Waals surface area contributed by atoms with Gasteiger partial charge in [0.15, 0.2) is 0 Å². The van der Waals surface area contributed by atoms with Crippen molar-refractivity contribution < 1.29 is 9.18 Å². The molecule has 0 radical (unpaired) electrons. The van der Waals surface area contributed by atoms with Crippen LogP contribution in [-0.2, 0) is 0 Å². The third-order valence-corrected chi connectivity index (χ3v) is 4.38. The molecular weight excluding hydrogens is 380 g/mol. The molecule has 0 fully saturated rings. The van der Waals surface area contributed by atoms with Crippen LogP contribution in [0.15, 0.2) is 36.4 Å². The molecule has 0 bridgehead atoms. The summed E-state index contributed by atoms with van der Waals surface area (Å²) in [4.78, 5) is 12.2. The van der Waals surface area contributed by atoms with E-state index < -0.39 is 5.82 Å². The summed E-state index contributed by atoms with van der Waals surface area (Å²) in [6.07, 6.45) is 0. The van der Waals surface area contributed by atoms with Crippen LogP contribution in [0.3, 0.4) is 0 Å². The summed E-state index contributed by atoms with van der Waals surface area (Å²) in [6.45, 7) is 1.91. The molecule has 0 aliphatic carbocycles. The summed E-state index contributed by atoms with van der Waals surface area (Å²) >= 11 is 7.97. The van der Waals surface area contributed by atoms with Crippen LogP contribution in [0, 0.1) is 16.3 Å². The Bertz CT molecular complexity index is 625. The number of carbonyl (C=O) groups is 1. The first-order chi connectivity index (χ1) is 9.00. The van der Waals surface area contributed by atoms with Crippen LogP contribution in [0.5, 0.6) is 0 Å². The van der Waals surface area contributed by atoms with Gasteiger partial charge in [-0.25, -0.2) is 4.39 Å². The Labute approximate surface area is 129 Å². The van der Waals surface area contributed by atoms with E-state index in [2.05, 4.69) is 27.9 Å². The number of para-hydroxylation sites is 1. The van der Waals surface area contributed by atoms with Crippen molar-refractivity contribution in [3.63, 3.8) is 0 Å². The number of halogens is 3. The number of anilines is 1. The molecule has 2 aromatic rings. The average molecular weight is 390 g/mol. The summed E-state index contributed by atoms with van der Waals surface area (Å²) in [5.74, 6) is -0.927. The molecule has 0 aliphatic rings. The summed E-state index contributed by atoms with van der Waals surface area (Å²) in [7, 11) is 0. The van der Waals surface area contributed by atoms with Crippen molar-refractivity contribution in [3.05, 3.63) is 61.9 Å². The summed E-state index contributed by atoms with van der Waals surface area (Å²) in [5.41, 5.74) is 1.50. The fourth-order valence-electron chi connectivity index (χ4n) is 1.62. The monoisotopic (exact) mass is 389 g/mol. The van der Waals surface area contributed by atoms with Gasteiger partial charge in [0.2, 0.25) is 0 Å². The lowest BCUT2D eigenvalue weighted by molar-refractivity contribution is 0.102. The van der Waals surface area contributed by atoms with Gasteiger partial charge in [-0.2, -0.15) is 0 Å². The molecule has 2 aromatic carbocycles. The minimum Gasteiger partial charge on any atom is -0.318 e. The molecule has 0 heterocycles. The van der Waals surface area contributed by atoms with Crippen LogP contribution in [-0.4, -0.2) is 5.91 Å². The Hall–Kier alpha value is -1.14. The number of carbonyl (C=O) groups excluding carboxylic acids is 1. The number of hydrogen-bond donors (Lipinski definition) is 1. The quantitative estimate of drug-likeness (QED) is 0.745. The fraction of sp³-hybridized carbons (Fsp3) is 0.0714. The third kappa shape index (κ3) is 3.06.